The van der Waals surface area contributed by atoms with Crippen molar-refractivity contribution in [1.82, 2.24) is 0 Å². The fourth-order valence-electron chi connectivity index (χ4n) is 3.11. The van der Waals surface area contributed by atoms with Gasteiger partial charge in [-0.1, -0.05) is 6.07 Å². The van der Waals surface area contributed by atoms with Crippen molar-refractivity contribution < 1.29 is 13.2 Å². The van der Waals surface area contributed by atoms with E-state index in [9.17, 15) is 13.2 Å². The summed E-state index contributed by atoms with van der Waals surface area (Å²) in [5, 5.41) is 0. The van der Waals surface area contributed by atoms with E-state index in [4.69, 9.17) is 5.73 Å². The highest BCUT2D eigenvalue weighted by Gasteiger charge is 2.34. The van der Waals surface area contributed by atoms with Crippen LogP contribution in [0.3, 0.4) is 0 Å². The van der Waals surface area contributed by atoms with Gasteiger partial charge >= 0.3 is 0 Å². The summed E-state index contributed by atoms with van der Waals surface area (Å²) >= 11 is 0. The van der Waals surface area contributed by atoms with Gasteiger partial charge in [0.2, 0.25) is 5.91 Å². The van der Waals surface area contributed by atoms with E-state index in [-0.39, 0.29) is 23.5 Å². The Hall–Kier alpha value is -1.60. The van der Waals surface area contributed by atoms with Crippen LogP contribution in [0, 0.1) is 0 Å². The summed E-state index contributed by atoms with van der Waals surface area (Å²) in [6.07, 6.45) is 0. The minimum Gasteiger partial charge on any atom is -0.367 e. The quantitative estimate of drug-likeness (QED) is 0.806. The van der Waals surface area contributed by atoms with Crippen LogP contribution in [0.2, 0.25) is 0 Å². The summed E-state index contributed by atoms with van der Waals surface area (Å²) < 4.78 is 23.3. The molecule has 114 valence electrons. The molecular weight excluding hydrogens is 290 g/mol. The highest BCUT2D eigenvalue weighted by atomic mass is 32.2. The molecule has 1 amide bonds. The lowest BCUT2D eigenvalue weighted by Gasteiger charge is -2.35. The van der Waals surface area contributed by atoms with Gasteiger partial charge in [-0.3, -0.25) is 4.79 Å². The van der Waals surface area contributed by atoms with Gasteiger partial charge in [0.25, 0.3) is 0 Å². The van der Waals surface area contributed by atoms with Crippen molar-refractivity contribution in [1.29, 1.82) is 0 Å². The molecule has 0 saturated carbocycles. The van der Waals surface area contributed by atoms with Gasteiger partial charge in [0.05, 0.1) is 17.2 Å². The third kappa shape index (κ3) is 2.30. The number of likely N-dealkylation sites (N-methyl/N-ethyl adjacent to an activating group) is 1. The smallest absolute Gasteiger partial charge is 0.248 e. The molecule has 2 N–H and O–H groups in total. The van der Waals surface area contributed by atoms with Crippen molar-refractivity contribution in [2.75, 3.05) is 34.9 Å². The second kappa shape index (κ2) is 4.71. The van der Waals surface area contributed by atoms with Crippen molar-refractivity contribution in [3.8, 4) is 0 Å². The van der Waals surface area contributed by atoms with E-state index in [1.807, 2.05) is 25.1 Å². The first-order chi connectivity index (χ1) is 9.80. The number of hydrogen-bond donors (Lipinski definition) is 1. The molecule has 1 aromatic carbocycles. The number of carbonyl (C=O) groups excluding carboxylic acids is 1. The summed E-state index contributed by atoms with van der Waals surface area (Å²) in [4.78, 5) is 15.5. The molecule has 2 unspecified atom stereocenters. The lowest BCUT2D eigenvalue weighted by molar-refractivity contribution is -0.118. The molecule has 7 heteroatoms. The molecule has 0 radical (unpaired) electrons. The van der Waals surface area contributed by atoms with Gasteiger partial charge < -0.3 is 15.5 Å². The number of benzene rings is 1. The predicted molar refractivity (Wildman–Crippen MR) is 82.2 cm³/mol. The van der Waals surface area contributed by atoms with Crippen molar-refractivity contribution in [3.63, 3.8) is 0 Å². The number of carbonyl (C=O) groups is 1. The second-order valence-corrected chi connectivity index (χ2v) is 8.00. The molecule has 0 bridgehead atoms. The first kappa shape index (κ1) is 14.3. The SMILES string of the molecule is CC1CS(=O)(=O)CCN1c1ccc2c(c1)N(C)C(=O)C2N. The maximum atomic E-state index is 11.9. The van der Waals surface area contributed by atoms with Gasteiger partial charge in [-0.15, -0.1) is 0 Å². The molecule has 1 aromatic rings. The van der Waals surface area contributed by atoms with E-state index >= 15 is 0 Å². The van der Waals surface area contributed by atoms with E-state index in [1.54, 1.807) is 11.9 Å². The molecule has 1 fully saturated rings. The molecule has 0 spiro atoms. The van der Waals surface area contributed by atoms with E-state index < -0.39 is 15.9 Å². The molecule has 2 atom stereocenters. The fraction of sp³-hybridized carbons (Fsp3) is 0.500. The number of nitrogens with zero attached hydrogens (tertiary/aromatic N) is 2. The number of nitrogens with two attached hydrogens (primary N) is 1. The predicted octanol–water partition coefficient (Wildman–Crippen LogP) is 0.286. The largest absolute Gasteiger partial charge is 0.367 e. The van der Waals surface area contributed by atoms with Gasteiger partial charge in [0.1, 0.15) is 6.04 Å². The van der Waals surface area contributed by atoms with Crippen LogP contribution in [0.4, 0.5) is 11.4 Å². The van der Waals surface area contributed by atoms with E-state index in [0.29, 0.717) is 6.54 Å². The van der Waals surface area contributed by atoms with Crippen molar-refractivity contribution in [2.45, 2.75) is 19.0 Å². The maximum absolute atomic E-state index is 11.9. The lowest BCUT2D eigenvalue weighted by Crippen LogP contribution is -2.47. The zero-order valence-electron chi connectivity index (χ0n) is 12.1. The Labute approximate surface area is 124 Å². The highest BCUT2D eigenvalue weighted by molar-refractivity contribution is 7.91. The number of fused-ring (bicyclic) bond motifs is 1. The Kier molecular flexibility index (Phi) is 3.22. The summed E-state index contributed by atoms with van der Waals surface area (Å²) in [6, 6.07) is 5.04. The molecule has 21 heavy (non-hydrogen) atoms. The molecule has 0 aromatic heterocycles. The third-order valence-electron chi connectivity index (χ3n) is 4.31. The van der Waals surface area contributed by atoms with Crippen LogP contribution in [0.15, 0.2) is 18.2 Å². The van der Waals surface area contributed by atoms with Crippen LogP contribution in [-0.2, 0) is 14.6 Å². The molecule has 0 aliphatic carbocycles. The minimum absolute atomic E-state index is 0.0714. The average molecular weight is 309 g/mol. The lowest BCUT2D eigenvalue weighted by atomic mass is 10.1. The number of hydrogen-bond acceptors (Lipinski definition) is 5. The Balaban J connectivity index is 1.94. The summed E-state index contributed by atoms with van der Waals surface area (Å²) in [7, 11) is -1.23. The Bertz CT molecular complexity index is 701. The second-order valence-electron chi connectivity index (χ2n) is 5.77. The van der Waals surface area contributed by atoms with Crippen LogP contribution < -0.4 is 15.5 Å². The third-order valence-corrected chi connectivity index (χ3v) is 6.10. The van der Waals surface area contributed by atoms with Crippen LogP contribution >= 0.6 is 0 Å². The normalized spacial score (nSPS) is 27.9. The number of amides is 1. The van der Waals surface area contributed by atoms with E-state index in [2.05, 4.69) is 4.90 Å². The Morgan fingerprint density at radius 3 is 2.71 bits per heavy atom. The van der Waals surface area contributed by atoms with Crippen molar-refractivity contribution in [2.24, 2.45) is 5.73 Å². The zero-order chi connectivity index (χ0) is 15.4. The minimum atomic E-state index is -2.94. The summed E-state index contributed by atoms with van der Waals surface area (Å²) in [5.74, 6) is 0.220. The number of sulfone groups is 1. The van der Waals surface area contributed by atoms with Crippen molar-refractivity contribution in [3.05, 3.63) is 23.8 Å². The summed E-state index contributed by atoms with van der Waals surface area (Å²) in [6.45, 7) is 2.39. The Morgan fingerprint density at radius 2 is 2.05 bits per heavy atom. The molecule has 2 heterocycles. The van der Waals surface area contributed by atoms with Crippen LogP contribution in [0.5, 0.6) is 0 Å². The molecule has 2 aliphatic rings. The van der Waals surface area contributed by atoms with Crippen LogP contribution in [0.1, 0.15) is 18.5 Å². The maximum Gasteiger partial charge on any atom is 0.248 e. The number of rotatable bonds is 1. The first-order valence-corrected chi connectivity index (χ1v) is 8.76. The standard InChI is InChI=1S/C14H19N3O3S/c1-9-8-21(19,20)6-5-17(9)10-3-4-11-12(7-10)16(2)14(18)13(11)15/h3-4,7,9,13H,5-6,8,15H2,1-2H3. The van der Waals surface area contributed by atoms with E-state index in [1.165, 1.54) is 0 Å². The monoisotopic (exact) mass is 309 g/mol. The van der Waals surface area contributed by atoms with Gasteiger partial charge in [-0.05, 0) is 19.1 Å². The zero-order valence-corrected chi connectivity index (χ0v) is 12.9. The van der Waals surface area contributed by atoms with Gasteiger partial charge in [0, 0.05) is 30.9 Å². The number of anilines is 2. The van der Waals surface area contributed by atoms with Gasteiger partial charge in [-0.2, -0.15) is 0 Å². The Morgan fingerprint density at radius 1 is 1.33 bits per heavy atom. The molecular formula is C14H19N3O3S. The van der Waals surface area contributed by atoms with Crippen molar-refractivity contribution >= 4 is 27.1 Å². The van der Waals surface area contributed by atoms with Gasteiger partial charge in [0.15, 0.2) is 9.84 Å². The molecule has 1 saturated heterocycles. The van der Waals surface area contributed by atoms with E-state index in [0.717, 1.165) is 16.9 Å². The highest BCUT2D eigenvalue weighted by Crippen LogP contribution is 2.37. The summed E-state index contributed by atoms with van der Waals surface area (Å²) in [5.41, 5.74) is 8.46. The molecule has 2 aliphatic heterocycles. The van der Waals surface area contributed by atoms with Gasteiger partial charge in [-0.25, -0.2) is 8.42 Å². The average Bonchev–Trinajstić information content (AvgIpc) is 2.63. The molecule has 3 rings (SSSR count). The van der Waals surface area contributed by atoms with Crippen LogP contribution in [-0.4, -0.2) is 45.5 Å². The first-order valence-electron chi connectivity index (χ1n) is 6.94. The van der Waals surface area contributed by atoms with Crippen LogP contribution in [0.25, 0.3) is 0 Å². The molecule has 6 nitrogen and oxygen atoms in total. The fourth-order valence-corrected chi connectivity index (χ4v) is 4.66. The topological polar surface area (TPSA) is 83.7 Å².